The lowest BCUT2D eigenvalue weighted by atomic mass is 9.82. The Labute approximate surface area is 157 Å². The normalized spacial score (nSPS) is 18.5. The Balaban J connectivity index is 1.99. The highest BCUT2D eigenvalue weighted by Crippen LogP contribution is 2.39. The monoisotopic (exact) mass is 351 g/mol. The molecule has 1 heterocycles. The second-order valence-corrected chi connectivity index (χ2v) is 8.83. The number of aliphatic imine (C=N–C) groups is 1. The van der Waals surface area contributed by atoms with Crippen LogP contribution in [0.3, 0.4) is 0 Å². The smallest absolute Gasteiger partial charge is 0.218 e. The van der Waals surface area contributed by atoms with Crippen LogP contribution in [-0.4, -0.2) is 18.5 Å². The molecule has 26 heavy (non-hydrogen) atoms. The van der Waals surface area contributed by atoms with E-state index in [0.717, 1.165) is 34.8 Å². The second-order valence-electron chi connectivity index (χ2n) is 8.83. The Kier molecular flexibility index (Phi) is 4.83. The molecule has 3 nitrogen and oxygen atoms in total. The maximum atomic E-state index is 6.36. The van der Waals surface area contributed by atoms with Crippen molar-refractivity contribution in [3.63, 3.8) is 0 Å². The number of fused-ring (bicyclic) bond motifs is 1. The van der Waals surface area contributed by atoms with Crippen LogP contribution in [0.25, 0.3) is 0 Å². The summed E-state index contributed by atoms with van der Waals surface area (Å²) < 4.78 is 11.7. The van der Waals surface area contributed by atoms with E-state index in [4.69, 9.17) is 14.5 Å². The van der Waals surface area contributed by atoms with Gasteiger partial charge in [0.1, 0.15) is 5.75 Å². The molecular formula is C23H29NO2. The molecule has 0 N–H and O–H groups in total. The maximum absolute atomic E-state index is 6.36. The Morgan fingerprint density at radius 1 is 1.00 bits per heavy atom. The van der Waals surface area contributed by atoms with E-state index in [9.17, 15) is 0 Å². The van der Waals surface area contributed by atoms with Gasteiger partial charge < -0.3 is 9.47 Å². The van der Waals surface area contributed by atoms with Gasteiger partial charge in [0.25, 0.3) is 0 Å². The zero-order chi connectivity index (χ0) is 18.9. The number of hydrogen-bond acceptors (Lipinski definition) is 3. The summed E-state index contributed by atoms with van der Waals surface area (Å²) in [6, 6.07) is 16.4. The number of benzene rings is 2. The number of methoxy groups -OCH3 is 1. The van der Waals surface area contributed by atoms with Gasteiger partial charge in [0, 0.05) is 16.7 Å². The van der Waals surface area contributed by atoms with Crippen LogP contribution in [0, 0.1) is 5.41 Å². The van der Waals surface area contributed by atoms with Crippen LogP contribution in [0.2, 0.25) is 0 Å². The molecule has 0 saturated heterocycles. The lowest BCUT2D eigenvalue weighted by Gasteiger charge is -2.29. The molecule has 2 aromatic rings. The van der Waals surface area contributed by atoms with E-state index in [1.165, 1.54) is 0 Å². The quantitative estimate of drug-likeness (QED) is 0.699. The molecule has 2 aromatic carbocycles. The van der Waals surface area contributed by atoms with E-state index in [1.54, 1.807) is 7.11 Å². The third kappa shape index (κ3) is 4.09. The highest BCUT2D eigenvalue weighted by atomic mass is 16.5. The van der Waals surface area contributed by atoms with Gasteiger partial charge in [-0.2, -0.15) is 0 Å². The van der Waals surface area contributed by atoms with Crippen molar-refractivity contribution in [1.82, 2.24) is 0 Å². The van der Waals surface area contributed by atoms with Crippen molar-refractivity contribution < 1.29 is 9.47 Å². The molecule has 3 heteroatoms. The lowest BCUT2D eigenvalue weighted by Crippen LogP contribution is -2.26. The summed E-state index contributed by atoms with van der Waals surface area (Å²) >= 11 is 0. The largest absolute Gasteiger partial charge is 0.497 e. The van der Waals surface area contributed by atoms with E-state index in [-0.39, 0.29) is 17.1 Å². The molecule has 0 spiro atoms. The maximum Gasteiger partial charge on any atom is 0.218 e. The van der Waals surface area contributed by atoms with Crippen molar-refractivity contribution in [3.05, 3.63) is 65.2 Å². The van der Waals surface area contributed by atoms with Gasteiger partial charge in [0.2, 0.25) is 5.90 Å². The molecule has 0 fully saturated rings. The van der Waals surface area contributed by atoms with Gasteiger partial charge in [-0.15, -0.1) is 0 Å². The standard InChI is InChI=1S/C23H29NO2/c1-22(2,3)15-23(4,5)24-21-19-13-8-7-12-18(19)20(26-21)16-10-9-11-17(14-16)25-6/h7-14,20H,15H2,1-6H3. The summed E-state index contributed by atoms with van der Waals surface area (Å²) in [5.41, 5.74) is 3.34. The van der Waals surface area contributed by atoms with E-state index in [2.05, 4.69) is 58.9 Å². The molecule has 0 aromatic heterocycles. The fraction of sp³-hybridized carbons (Fsp3) is 0.435. The fourth-order valence-corrected chi connectivity index (χ4v) is 3.91. The molecule has 3 rings (SSSR count). The predicted molar refractivity (Wildman–Crippen MR) is 107 cm³/mol. The minimum Gasteiger partial charge on any atom is -0.497 e. The molecule has 1 unspecified atom stereocenters. The van der Waals surface area contributed by atoms with Crippen molar-refractivity contribution in [3.8, 4) is 5.75 Å². The molecule has 138 valence electrons. The van der Waals surface area contributed by atoms with Gasteiger partial charge in [0.15, 0.2) is 6.10 Å². The topological polar surface area (TPSA) is 30.8 Å². The number of rotatable bonds is 4. The first-order chi connectivity index (χ1) is 12.2. The van der Waals surface area contributed by atoms with Crippen molar-refractivity contribution >= 4 is 5.90 Å². The molecule has 1 aliphatic rings. The molecule has 1 atom stereocenters. The Morgan fingerprint density at radius 3 is 2.42 bits per heavy atom. The summed E-state index contributed by atoms with van der Waals surface area (Å²) in [4.78, 5) is 5.02. The molecule has 0 saturated carbocycles. The van der Waals surface area contributed by atoms with E-state index < -0.39 is 0 Å². The molecule has 0 bridgehead atoms. The van der Waals surface area contributed by atoms with Crippen molar-refractivity contribution in [2.45, 2.75) is 52.7 Å². The van der Waals surface area contributed by atoms with Gasteiger partial charge in [-0.25, -0.2) is 4.99 Å². The zero-order valence-electron chi connectivity index (χ0n) is 16.7. The van der Waals surface area contributed by atoms with Crippen LogP contribution < -0.4 is 4.74 Å². The third-order valence-electron chi connectivity index (χ3n) is 4.47. The first kappa shape index (κ1) is 18.5. The Hall–Kier alpha value is -2.29. The van der Waals surface area contributed by atoms with E-state index in [1.807, 2.05) is 24.3 Å². The van der Waals surface area contributed by atoms with Crippen LogP contribution in [0.5, 0.6) is 5.75 Å². The summed E-state index contributed by atoms with van der Waals surface area (Å²) in [5.74, 6) is 1.57. The Bertz CT molecular complexity index is 815. The van der Waals surface area contributed by atoms with E-state index in [0.29, 0.717) is 0 Å². The average molecular weight is 351 g/mol. The van der Waals surface area contributed by atoms with Gasteiger partial charge in [-0.05, 0) is 43.9 Å². The second kappa shape index (κ2) is 6.79. The minimum absolute atomic E-state index is 0.148. The van der Waals surface area contributed by atoms with Crippen molar-refractivity contribution in [2.75, 3.05) is 7.11 Å². The summed E-state index contributed by atoms with van der Waals surface area (Å²) in [7, 11) is 1.68. The summed E-state index contributed by atoms with van der Waals surface area (Å²) in [5, 5.41) is 0. The summed E-state index contributed by atoms with van der Waals surface area (Å²) in [6.07, 6.45) is 0.837. The van der Waals surface area contributed by atoms with Crippen LogP contribution >= 0.6 is 0 Å². The number of ether oxygens (including phenoxy) is 2. The van der Waals surface area contributed by atoms with Crippen molar-refractivity contribution in [2.24, 2.45) is 10.4 Å². The van der Waals surface area contributed by atoms with Crippen LogP contribution in [-0.2, 0) is 4.74 Å². The predicted octanol–water partition coefficient (Wildman–Crippen LogP) is 5.78. The number of hydrogen-bond donors (Lipinski definition) is 0. The minimum atomic E-state index is -0.191. The van der Waals surface area contributed by atoms with E-state index >= 15 is 0 Å². The first-order valence-corrected chi connectivity index (χ1v) is 9.18. The third-order valence-corrected chi connectivity index (χ3v) is 4.47. The zero-order valence-corrected chi connectivity index (χ0v) is 16.7. The molecular weight excluding hydrogens is 322 g/mol. The number of nitrogens with zero attached hydrogens (tertiary/aromatic N) is 1. The van der Waals surface area contributed by atoms with Crippen LogP contribution in [0.4, 0.5) is 0 Å². The summed E-state index contributed by atoms with van der Waals surface area (Å²) in [6.45, 7) is 11.1. The van der Waals surface area contributed by atoms with Gasteiger partial charge in [-0.1, -0.05) is 51.1 Å². The van der Waals surface area contributed by atoms with Gasteiger partial charge in [-0.3, -0.25) is 0 Å². The molecule has 0 amide bonds. The SMILES string of the molecule is COc1cccc(C2OC(=NC(C)(C)CC(C)(C)C)c3ccccc32)c1. The first-order valence-electron chi connectivity index (χ1n) is 9.18. The van der Waals surface area contributed by atoms with Gasteiger partial charge in [0.05, 0.1) is 12.6 Å². The fourth-order valence-electron chi connectivity index (χ4n) is 3.91. The van der Waals surface area contributed by atoms with Gasteiger partial charge >= 0.3 is 0 Å². The highest BCUT2D eigenvalue weighted by Gasteiger charge is 2.33. The van der Waals surface area contributed by atoms with Crippen molar-refractivity contribution in [1.29, 1.82) is 0 Å². The van der Waals surface area contributed by atoms with Crippen LogP contribution in [0.15, 0.2) is 53.5 Å². The molecule has 1 aliphatic heterocycles. The highest BCUT2D eigenvalue weighted by molar-refractivity contribution is 5.99. The lowest BCUT2D eigenvalue weighted by molar-refractivity contribution is 0.239. The molecule has 0 aliphatic carbocycles. The molecule has 0 radical (unpaired) electrons. The average Bonchev–Trinajstić information content (AvgIpc) is 2.91. The van der Waals surface area contributed by atoms with Crippen LogP contribution in [0.1, 0.15) is 63.8 Å². The Morgan fingerprint density at radius 2 is 1.73 bits per heavy atom.